The second-order valence-corrected chi connectivity index (χ2v) is 6.79. The first-order chi connectivity index (χ1) is 9.92. The first-order valence-corrected chi connectivity index (χ1v) is 8.22. The van der Waals surface area contributed by atoms with Crippen molar-refractivity contribution in [2.45, 2.75) is 66.4 Å². The van der Waals surface area contributed by atoms with Gasteiger partial charge in [0.1, 0.15) is 17.7 Å². The lowest BCUT2D eigenvalue weighted by atomic mass is 9.75. The predicted molar refractivity (Wildman–Crippen MR) is 86.3 cm³/mol. The highest BCUT2D eigenvalue weighted by atomic mass is 16.5. The van der Waals surface area contributed by atoms with Crippen LogP contribution in [0.2, 0.25) is 0 Å². The van der Waals surface area contributed by atoms with Crippen molar-refractivity contribution in [3.63, 3.8) is 0 Å². The molecule has 1 aliphatic rings. The van der Waals surface area contributed by atoms with Gasteiger partial charge in [-0.1, -0.05) is 34.1 Å². The lowest BCUT2D eigenvalue weighted by Gasteiger charge is -2.37. The SMILES string of the molecule is CCc1nc(N)c(C)c(OC2CC(C)CCC2C(C)C)n1. The van der Waals surface area contributed by atoms with E-state index in [0.29, 0.717) is 23.5 Å². The number of aryl methyl sites for hydroxylation is 1. The monoisotopic (exact) mass is 291 g/mol. The summed E-state index contributed by atoms with van der Waals surface area (Å²) in [5, 5.41) is 0. The average Bonchev–Trinajstić information content (AvgIpc) is 2.43. The van der Waals surface area contributed by atoms with Gasteiger partial charge in [-0.25, -0.2) is 4.98 Å². The first kappa shape index (κ1) is 16.1. The van der Waals surface area contributed by atoms with Crippen LogP contribution in [0.4, 0.5) is 5.82 Å². The Morgan fingerprint density at radius 2 is 2.00 bits per heavy atom. The van der Waals surface area contributed by atoms with E-state index in [0.717, 1.165) is 30.1 Å². The fourth-order valence-corrected chi connectivity index (χ4v) is 3.22. The molecule has 1 heterocycles. The van der Waals surface area contributed by atoms with Gasteiger partial charge < -0.3 is 10.5 Å². The van der Waals surface area contributed by atoms with Crippen molar-refractivity contribution in [3.05, 3.63) is 11.4 Å². The number of ether oxygens (including phenoxy) is 1. The third-order valence-electron chi connectivity index (χ3n) is 4.73. The molecule has 2 rings (SSSR count). The molecule has 1 aromatic rings. The van der Waals surface area contributed by atoms with Crippen LogP contribution in [0.5, 0.6) is 5.88 Å². The molecule has 1 aromatic heterocycles. The minimum Gasteiger partial charge on any atom is -0.474 e. The van der Waals surface area contributed by atoms with Gasteiger partial charge in [0.05, 0.1) is 5.56 Å². The lowest BCUT2D eigenvalue weighted by Crippen LogP contribution is -2.36. The number of nitrogen functional groups attached to an aromatic ring is 1. The lowest BCUT2D eigenvalue weighted by molar-refractivity contribution is 0.0419. The smallest absolute Gasteiger partial charge is 0.222 e. The molecular weight excluding hydrogens is 262 g/mol. The molecule has 0 spiro atoms. The van der Waals surface area contributed by atoms with Crippen LogP contribution in [-0.4, -0.2) is 16.1 Å². The highest BCUT2D eigenvalue weighted by molar-refractivity contribution is 5.44. The zero-order valence-corrected chi connectivity index (χ0v) is 14.0. The summed E-state index contributed by atoms with van der Waals surface area (Å²) in [6, 6.07) is 0. The van der Waals surface area contributed by atoms with Crippen LogP contribution in [0.1, 0.15) is 58.3 Å². The molecule has 4 heteroatoms. The van der Waals surface area contributed by atoms with Crippen molar-refractivity contribution >= 4 is 5.82 Å². The van der Waals surface area contributed by atoms with Gasteiger partial charge in [-0.2, -0.15) is 4.98 Å². The van der Waals surface area contributed by atoms with Gasteiger partial charge >= 0.3 is 0 Å². The van der Waals surface area contributed by atoms with Crippen LogP contribution in [0.15, 0.2) is 0 Å². The number of hydrogen-bond donors (Lipinski definition) is 1. The molecule has 3 atom stereocenters. The molecule has 118 valence electrons. The molecule has 4 nitrogen and oxygen atoms in total. The van der Waals surface area contributed by atoms with E-state index < -0.39 is 0 Å². The van der Waals surface area contributed by atoms with Gasteiger partial charge in [-0.05, 0) is 37.5 Å². The van der Waals surface area contributed by atoms with Crippen molar-refractivity contribution in [1.82, 2.24) is 9.97 Å². The van der Waals surface area contributed by atoms with E-state index >= 15 is 0 Å². The summed E-state index contributed by atoms with van der Waals surface area (Å²) < 4.78 is 6.32. The Kier molecular flexibility index (Phi) is 5.07. The average molecular weight is 291 g/mol. The second kappa shape index (κ2) is 6.63. The largest absolute Gasteiger partial charge is 0.474 e. The van der Waals surface area contributed by atoms with Gasteiger partial charge in [-0.15, -0.1) is 0 Å². The molecule has 0 radical (unpaired) electrons. The van der Waals surface area contributed by atoms with Gasteiger partial charge in [-0.3, -0.25) is 0 Å². The number of aromatic nitrogens is 2. The van der Waals surface area contributed by atoms with E-state index in [9.17, 15) is 0 Å². The maximum absolute atomic E-state index is 6.32. The molecule has 1 saturated carbocycles. The Bertz CT molecular complexity index is 487. The van der Waals surface area contributed by atoms with E-state index in [-0.39, 0.29) is 6.10 Å². The summed E-state index contributed by atoms with van der Waals surface area (Å²) in [5.41, 5.74) is 6.86. The zero-order valence-electron chi connectivity index (χ0n) is 14.0. The van der Waals surface area contributed by atoms with Crippen LogP contribution >= 0.6 is 0 Å². The van der Waals surface area contributed by atoms with Crippen molar-refractivity contribution in [3.8, 4) is 5.88 Å². The van der Waals surface area contributed by atoms with Crippen LogP contribution in [-0.2, 0) is 6.42 Å². The van der Waals surface area contributed by atoms with E-state index in [1.807, 2.05) is 13.8 Å². The molecule has 0 saturated heterocycles. The molecule has 1 aliphatic carbocycles. The van der Waals surface area contributed by atoms with Crippen molar-refractivity contribution in [2.24, 2.45) is 17.8 Å². The molecule has 0 aliphatic heterocycles. The summed E-state index contributed by atoms with van der Waals surface area (Å²) in [6.07, 6.45) is 4.66. The van der Waals surface area contributed by atoms with Gasteiger partial charge in [0.25, 0.3) is 0 Å². The predicted octanol–water partition coefficient (Wildman–Crippen LogP) is 3.77. The standard InChI is InChI=1S/C17H29N3O/c1-6-15-19-16(18)12(5)17(20-15)21-14-9-11(4)7-8-13(14)10(2)3/h10-11,13-14H,6-9H2,1-5H3,(H2,18,19,20). The topological polar surface area (TPSA) is 61.0 Å². The normalized spacial score (nSPS) is 26.1. The molecule has 21 heavy (non-hydrogen) atoms. The molecule has 0 amide bonds. The van der Waals surface area contributed by atoms with Crippen LogP contribution in [0.3, 0.4) is 0 Å². The fourth-order valence-electron chi connectivity index (χ4n) is 3.22. The Morgan fingerprint density at radius 3 is 2.62 bits per heavy atom. The first-order valence-electron chi connectivity index (χ1n) is 8.22. The number of hydrogen-bond acceptors (Lipinski definition) is 4. The number of anilines is 1. The summed E-state index contributed by atoms with van der Waals surface area (Å²) in [7, 11) is 0. The highest BCUT2D eigenvalue weighted by Crippen LogP contribution is 2.36. The Hall–Kier alpha value is -1.32. The molecule has 0 aromatic carbocycles. The van der Waals surface area contributed by atoms with E-state index in [1.165, 1.54) is 12.8 Å². The van der Waals surface area contributed by atoms with Gasteiger partial charge in [0, 0.05) is 6.42 Å². The minimum absolute atomic E-state index is 0.242. The minimum atomic E-state index is 0.242. The maximum atomic E-state index is 6.32. The Morgan fingerprint density at radius 1 is 1.29 bits per heavy atom. The highest BCUT2D eigenvalue weighted by Gasteiger charge is 2.33. The van der Waals surface area contributed by atoms with Crippen LogP contribution < -0.4 is 10.5 Å². The quantitative estimate of drug-likeness (QED) is 0.917. The Balaban J connectivity index is 2.24. The summed E-state index contributed by atoms with van der Waals surface area (Å²) >= 11 is 0. The van der Waals surface area contributed by atoms with E-state index in [1.54, 1.807) is 0 Å². The molecule has 1 fully saturated rings. The Labute approximate surface area is 128 Å². The number of nitrogens with two attached hydrogens (primary N) is 1. The summed E-state index contributed by atoms with van der Waals surface area (Å²) in [4.78, 5) is 8.85. The van der Waals surface area contributed by atoms with Crippen molar-refractivity contribution in [1.29, 1.82) is 0 Å². The van der Waals surface area contributed by atoms with Crippen molar-refractivity contribution in [2.75, 3.05) is 5.73 Å². The molecule has 2 N–H and O–H groups in total. The molecular formula is C17H29N3O. The van der Waals surface area contributed by atoms with Crippen molar-refractivity contribution < 1.29 is 4.74 Å². The molecule has 3 unspecified atom stereocenters. The maximum Gasteiger partial charge on any atom is 0.222 e. The summed E-state index contributed by atoms with van der Waals surface area (Å²) in [6.45, 7) is 10.9. The van der Waals surface area contributed by atoms with Crippen LogP contribution in [0, 0.1) is 24.7 Å². The van der Waals surface area contributed by atoms with E-state index in [2.05, 4.69) is 30.7 Å². The third kappa shape index (κ3) is 3.66. The van der Waals surface area contributed by atoms with Crippen LogP contribution in [0.25, 0.3) is 0 Å². The van der Waals surface area contributed by atoms with E-state index in [4.69, 9.17) is 10.5 Å². The third-order valence-corrected chi connectivity index (χ3v) is 4.73. The summed E-state index contributed by atoms with van der Waals surface area (Å²) in [5.74, 6) is 3.94. The zero-order chi connectivity index (χ0) is 15.6. The van der Waals surface area contributed by atoms with Gasteiger partial charge in [0.15, 0.2) is 0 Å². The fraction of sp³-hybridized carbons (Fsp3) is 0.765. The number of nitrogens with zero attached hydrogens (tertiary/aromatic N) is 2. The van der Waals surface area contributed by atoms with Gasteiger partial charge in [0.2, 0.25) is 5.88 Å². The number of rotatable bonds is 4. The second-order valence-electron chi connectivity index (χ2n) is 6.79. The molecule has 0 bridgehead atoms.